The summed E-state index contributed by atoms with van der Waals surface area (Å²) in [5.41, 5.74) is 1.47. The Morgan fingerprint density at radius 2 is 1.88 bits per heavy atom. The number of sulfonamides is 1. The number of anilines is 1. The van der Waals surface area contributed by atoms with Crippen molar-refractivity contribution < 1.29 is 22.7 Å². The fourth-order valence-electron chi connectivity index (χ4n) is 2.45. The molecule has 8 heteroatoms. The Labute approximate surface area is 146 Å². The van der Waals surface area contributed by atoms with Gasteiger partial charge in [-0.05, 0) is 29.8 Å². The van der Waals surface area contributed by atoms with Crippen LogP contribution in [0.5, 0.6) is 11.5 Å². The van der Waals surface area contributed by atoms with Crippen LogP contribution < -0.4 is 19.1 Å². The minimum absolute atomic E-state index is 0.191. The van der Waals surface area contributed by atoms with Gasteiger partial charge < -0.3 is 14.8 Å². The minimum atomic E-state index is -3.46. The summed E-state index contributed by atoms with van der Waals surface area (Å²) >= 11 is 0. The largest absolute Gasteiger partial charge is 0.454 e. The predicted molar refractivity (Wildman–Crippen MR) is 93.4 cm³/mol. The number of carbonyl (C=O) groups excluding carboxylic acids is 1. The van der Waals surface area contributed by atoms with E-state index in [0.29, 0.717) is 17.2 Å². The Balaban J connectivity index is 1.76. The highest BCUT2D eigenvalue weighted by molar-refractivity contribution is 7.92. The molecule has 132 valence electrons. The van der Waals surface area contributed by atoms with Crippen LogP contribution in [0.3, 0.4) is 0 Å². The van der Waals surface area contributed by atoms with Crippen molar-refractivity contribution in [2.45, 2.75) is 6.54 Å². The first-order valence-electron chi connectivity index (χ1n) is 7.56. The predicted octanol–water partition coefficient (Wildman–Crippen LogP) is 1.74. The van der Waals surface area contributed by atoms with Crippen LogP contribution in [-0.4, -0.2) is 34.4 Å². The molecule has 0 fully saturated rings. The molecule has 0 saturated carbocycles. The van der Waals surface area contributed by atoms with Crippen molar-refractivity contribution in [2.75, 3.05) is 24.4 Å². The van der Waals surface area contributed by atoms with E-state index in [0.717, 1.165) is 16.1 Å². The maximum absolute atomic E-state index is 12.5. The molecule has 1 aliphatic heterocycles. The molecule has 0 bridgehead atoms. The number of hydrogen-bond acceptors (Lipinski definition) is 5. The molecule has 0 aromatic heterocycles. The maximum Gasteiger partial charge on any atom is 0.253 e. The number of carbonyl (C=O) groups is 1. The molecule has 25 heavy (non-hydrogen) atoms. The van der Waals surface area contributed by atoms with E-state index in [1.165, 1.54) is 7.05 Å². The molecule has 1 amide bonds. The van der Waals surface area contributed by atoms with Crippen LogP contribution in [0.2, 0.25) is 0 Å². The van der Waals surface area contributed by atoms with Gasteiger partial charge in [-0.2, -0.15) is 0 Å². The fraction of sp³-hybridized carbons (Fsp3) is 0.235. The van der Waals surface area contributed by atoms with Crippen molar-refractivity contribution in [1.29, 1.82) is 0 Å². The van der Waals surface area contributed by atoms with Crippen LogP contribution in [0.4, 0.5) is 5.69 Å². The van der Waals surface area contributed by atoms with Gasteiger partial charge in [-0.15, -0.1) is 0 Å². The van der Waals surface area contributed by atoms with Gasteiger partial charge in [-0.1, -0.05) is 18.2 Å². The monoisotopic (exact) mass is 362 g/mol. The first kappa shape index (κ1) is 17.1. The Morgan fingerprint density at radius 1 is 1.16 bits per heavy atom. The summed E-state index contributed by atoms with van der Waals surface area (Å²) in [4.78, 5) is 12.5. The van der Waals surface area contributed by atoms with Crippen LogP contribution in [0.25, 0.3) is 0 Å². The molecule has 1 aliphatic rings. The first-order valence-corrected chi connectivity index (χ1v) is 9.41. The number of nitrogens with zero attached hydrogens (tertiary/aromatic N) is 1. The average Bonchev–Trinajstić information content (AvgIpc) is 3.06. The molecule has 1 heterocycles. The van der Waals surface area contributed by atoms with Crippen LogP contribution >= 0.6 is 0 Å². The van der Waals surface area contributed by atoms with Crippen LogP contribution in [0.1, 0.15) is 15.9 Å². The highest BCUT2D eigenvalue weighted by atomic mass is 32.2. The molecule has 0 radical (unpaired) electrons. The maximum atomic E-state index is 12.5. The Hall–Kier alpha value is -2.74. The fourth-order valence-corrected chi connectivity index (χ4v) is 2.96. The summed E-state index contributed by atoms with van der Waals surface area (Å²) in [5.74, 6) is 0.961. The van der Waals surface area contributed by atoms with Gasteiger partial charge in [0.1, 0.15) is 0 Å². The van der Waals surface area contributed by atoms with Gasteiger partial charge >= 0.3 is 0 Å². The van der Waals surface area contributed by atoms with E-state index in [4.69, 9.17) is 9.47 Å². The summed E-state index contributed by atoms with van der Waals surface area (Å²) in [6, 6.07) is 12.0. The number of para-hydroxylation sites is 1. The first-order chi connectivity index (χ1) is 11.9. The van der Waals surface area contributed by atoms with Crippen molar-refractivity contribution in [2.24, 2.45) is 0 Å². The SMILES string of the molecule is CN(c1ccccc1C(=O)NCc1ccc2c(c1)OCO2)S(C)(=O)=O. The van der Waals surface area contributed by atoms with Crippen molar-refractivity contribution in [3.05, 3.63) is 53.6 Å². The number of hydrogen-bond donors (Lipinski definition) is 1. The van der Waals surface area contributed by atoms with Crippen LogP contribution in [0, 0.1) is 0 Å². The Morgan fingerprint density at radius 3 is 2.64 bits per heavy atom. The van der Waals surface area contributed by atoms with Gasteiger partial charge in [0, 0.05) is 13.6 Å². The van der Waals surface area contributed by atoms with E-state index in [-0.39, 0.29) is 24.8 Å². The Bertz CT molecular complexity index is 911. The molecular weight excluding hydrogens is 344 g/mol. The normalized spacial score (nSPS) is 12.7. The highest BCUT2D eigenvalue weighted by Crippen LogP contribution is 2.32. The van der Waals surface area contributed by atoms with E-state index in [1.807, 2.05) is 6.07 Å². The number of fused-ring (bicyclic) bond motifs is 1. The molecule has 0 saturated heterocycles. The second-order valence-electron chi connectivity index (χ2n) is 5.62. The summed E-state index contributed by atoms with van der Waals surface area (Å²) in [5, 5.41) is 2.80. The summed E-state index contributed by atoms with van der Waals surface area (Å²) in [6.07, 6.45) is 1.09. The van der Waals surface area contributed by atoms with Crippen molar-refractivity contribution in [3.63, 3.8) is 0 Å². The third-order valence-corrected chi connectivity index (χ3v) is 5.07. The summed E-state index contributed by atoms with van der Waals surface area (Å²) < 4.78 is 35.2. The van der Waals surface area contributed by atoms with Gasteiger partial charge in [-0.3, -0.25) is 9.10 Å². The molecule has 2 aromatic carbocycles. The molecule has 0 atom stereocenters. The topological polar surface area (TPSA) is 84.9 Å². The lowest BCUT2D eigenvalue weighted by Gasteiger charge is -2.19. The number of nitrogens with one attached hydrogen (secondary N) is 1. The lowest BCUT2D eigenvalue weighted by atomic mass is 10.1. The van der Waals surface area contributed by atoms with Gasteiger partial charge in [-0.25, -0.2) is 8.42 Å². The van der Waals surface area contributed by atoms with Crippen molar-refractivity contribution >= 4 is 21.6 Å². The minimum Gasteiger partial charge on any atom is -0.454 e. The van der Waals surface area contributed by atoms with Gasteiger partial charge in [0.25, 0.3) is 5.91 Å². The molecule has 2 aromatic rings. The van der Waals surface area contributed by atoms with Gasteiger partial charge in [0.05, 0.1) is 17.5 Å². The third-order valence-electron chi connectivity index (χ3n) is 3.88. The molecule has 7 nitrogen and oxygen atoms in total. The average molecular weight is 362 g/mol. The molecular formula is C17H18N2O5S. The van der Waals surface area contributed by atoms with Gasteiger partial charge in [0.15, 0.2) is 11.5 Å². The zero-order valence-electron chi connectivity index (χ0n) is 13.9. The lowest BCUT2D eigenvalue weighted by Crippen LogP contribution is -2.29. The molecule has 0 unspecified atom stereocenters. The highest BCUT2D eigenvalue weighted by Gasteiger charge is 2.19. The number of benzene rings is 2. The molecule has 1 N–H and O–H groups in total. The lowest BCUT2D eigenvalue weighted by molar-refractivity contribution is 0.0951. The van der Waals surface area contributed by atoms with E-state index < -0.39 is 10.0 Å². The Kier molecular flexibility index (Phi) is 4.54. The zero-order valence-corrected chi connectivity index (χ0v) is 14.7. The van der Waals surface area contributed by atoms with Crippen molar-refractivity contribution in [1.82, 2.24) is 5.32 Å². The number of ether oxygens (including phenoxy) is 2. The smallest absolute Gasteiger partial charge is 0.253 e. The van der Waals surface area contributed by atoms with E-state index in [2.05, 4.69) is 5.32 Å². The molecule has 0 aliphatic carbocycles. The quantitative estimate of drug-likeness (QED) is 0.876. The van der Waals surface area contributed by atoms with E-state index >= 15 is 0 Å². The second-order valence-corrected chi connectivity index (χ2v) is 7.63. The van der Waals surface area contributed by atoms with E-state index in [1.54, 1.807) is 36.4 Å². The van der Waals surface area contributed by atoms with Crippen LogP contribution in [-0.2, 0) is 16.6 Å². The van der Waals surface area contributed by atoms with E-state index in [9.17, 15) is 13.2 Å². The number of amides is 1. The molecule has 0 spiro atoms. The second kappa shape index (κ2) is 6.64. The third kappa shape index (κ3) is 3.69. The summed E-state index contributed by atoms with van der Waals surface area (Å²) in [7, 11) is -2.05. The summed E-state index contributed by atoms with van der Waals surface area (Å²) in [6.45, 7) is 0.475. The zero-order chi connectivity index (χ0) is 18.0. The number of rotatable bonds is 5. The molecule has 3 rings (SSSR count). The van der Waals surface area contributed by atoms with Crippen LogP contribution in [0.15, 0.2) is 42.5 Å². The van der Waals surface area contributed by atoms with Crippen molar-refractivity contribution in [3.8, 4) is 11.5 Å². The standard InChI is InChI=1S/C17H18N2O5S/c1-19(25(2,21)22)14-6-4-3-5-13(14)17(20)18-10-12-7-8-15-16(9-12)24-11-23-15/h3-9H,10-11H2,1-2H3,(H,18,20). The van der Waals surface area contributed by atoms with Gasteiger partial charge in [0.2, 0.25) is 16.8 Å².